The van der Waals surface area contributed by atoms with E-state index >= 15 is 0 Å². The molecule has 0 aromatic heterocycles. The smallest absolute Gasteiger partial charge is 0.254 e. The Morgan fingerprint density at radius 1 is 1.20 bits per heavy atom. The Balaban J connectivity index is 2.17. The van der Waals surface area contributed by atoms with Gasteiger partial charge in [0.2, 0.25) is 5.91 Å². The first-order valence-corrected chi connectivity index (χ1v) is 7.07. The van der Waals surface area contributed by atoms with Crippen LogP contribution in [0.4, 0.5) is 0 Å². The number of hydrogen-bond donors (Lipinski definition) is 0. The van der Waals surface area contributed by atoms with Crippen molar-refractivity contribution in [2.45, 2.75) is 32.7 Å². The number of amides is 2. The Bertz CT molecular complexity index is 508. The van der Waals surface area contributed by atoms with Crippen molar-refractivity contribution in [1.82, 2.24) is 9.80 Å². The molecule has 1 aromatic rings. The number of likely N-dealkylation sites (N-methyl/N-ethyl adjacent to an activating group) is 1. The van der Waals surface area contributed by atoms with E-state index in [0.29, 0.717) is 24.6 Å². The minimum Gasteiger partial charge on any atom is -0.342 e. The van der Waals surface area contributed by atoms with Crippen molar-refractivity contribution in [3.63, 3.8) is 0 Å². The summed E-state index contributed by atoms with van der Waals surface area (Å²) in [5.74, 6) is 0.390. The summed E-state index contributed by atoms with van der Waals surface area (Å²) in [7, 11) is 1.78. The second-order valence-electron chi connectivity index (χ2n) is 5.71. The van der Waals surface area contributed by atoms with Gasteiger partial charge in [-0.3, -0.25) is 9.59 Å². The monoisotopic (exact) mass is 274 g/mol. The number of nitrogens with zero attached hydrogens (tertiary/aromatic N) is 2. The van der Waals surface area contributed by atoms with Crippen molar-refractivity contribution in [3.8, 4) is 0 Å². The summed E-state index contributed by atoms with van der Waals surface area (Å²) in [4.78, 5) is 27.8. The SMILES string of the molecule is CC(C)c1ccc(C(=O)N2CCN(C)C(=O)C2C)cc1. The van der Waals surface area contributed by atoms with Crippen molar-refractivity contribution >= 4 is 11.8 Å². The van der Waals surface area contributed by atoms with Crippen molar-refractivity contribution in [2.24, 2.45) is 0 Å². The molecule has 0 aliphatic carbocycles. The third-order valence-electron chi connectivity index (χ3n) is 3.96. The maximum atomic E-state index is 12.5. The van der Waals surface area contributed by atoms with Gasteiger partial charge >= 0.3 is 0 Å². The lowest BCUT2D eigenvalue weighted by atomic mass is 10.0. The molecule has 0 N–H and O–H groups in total. The summed E-state index contributed by atoms with van der Waals surface area (Å²) in [6, 6.07) is 7.30. The van der Waals surface area contributed by atoms with Crippen LogP contribution >= 0.6 is 0 Å². The van der Waals surface area contributed by atoms with Crippen LogP contribution in [0.25, 0.3) is 0 Å². The summed E-state index contributed by atoms with van der Waals surface area (Å²) in [5, 5.41) is 0. The first-order chi connectivity index (χ1) is 9.41. The molecule has 4 nitrogen and oxygen atoms in total. The van der Waals surface area contributed by atoms with Gasteiger partial charge in [0, 0.05) is 25.7 Å². The highest BCUT2D eigenvalue weighted by atomic mass is 16.2. The molecule has 1 aliphatic heterocycles. The molecule has 0 spiro atoms. The molecule has 1 unspecified atom stereocenters. The topological polar surface area (TPSA) is 40.6 Å². The fourth-order valence-electron chi connectivity index (χ4n) is 2.47. The highest BCUT2D eigenvalue weighted by Gasteiger charge is 2.32. The third-order valence-corrected chi connectivity index (χ3v) is 3.96. The second-order valence-corrected chi connectivity index (χ2v) is 5.71. The van der Waals surface area contributed by atoms with E-state index in [4.69, 9.17) is 0 Å². The van der Waals surface area contributed by atoms with E-state index in [2.05, 4.69) is 13.8 Å². The van der Waals surface area contributed by atoms with Crippen LogP contribution in [0.2, 0.25) is 0 Å². The van der Waals surface area contributed by atoms with Crippen molar-refractivity contribution in [3.05, 3.63) is 35.4 Å². The normalized spacial score (nSPS) is 19.6. The molecule has 2 rings (SSSR count). The molecule has 1 atom stereocenters. The number of rotatable bonds is 2. The van der Waals surface area contributed by atoms with Gasteiger partial charge in [-0.2, -0.15) is 0 Å². The lowest BCUT2D eigenvalue weighted by molar-refractivity contribution is -0.137. The Kier molecular flexibility index (Phi) is 4.12. The minimum atomic E-state index is -0.383. The largest absolute Gasteiger partial charge is 0.342 e. The molecule has 0 saturated carbocycles. The van der Waals surface area contributed by atoms with Crippen LogP contribution in [-0.4, -0.2) is 47.8 Å². The maximum absolute atomic E-state index is 12.5. The third kappa shape index (κ3) is 2.69. The molecular weight excluding hydrogens is 252 g/mol. The van der Waals surface area contributed by atoms with E-state index in [1.165, 1.54) is 5.56 Å². The zero-order valence-electron chi connectivity index (χ0n) is 12.6. The summed E-state index contributed by atoms with van der Waals surface area (Å²) >= 11 is 0. The van der Waals surface area contributed by atoms with Crippen molar-refractivity contribution in [2.75, 3.05) is 20.1 Å². The number of piperazine rings is 1. The second kappa shape index (κ2) is 5.65. The molecule has 2 amide bonds. The number of carbonyl (C=O) groups is 2. The van der Waals surface area contributed by atoms with Gasteiger partial charge in [-0.25, -0.2) is 0 Å². The van der Waals surface area contributed by atoms with Crippen LogP contribution in [0.1, 0.15) is 42.6 Å². The maximum Gasteiger partial charge on any atom is 0.254 e. The molecular formula is C16H22N2O2. The first-order valence-electron chi connectivity index (χ1n) is 7.07. The van der Waals surface area contributed by atoms with Gasteiger partial charge in [-0.1, -0.05) is 26.0 Å². The van der Waals surface area contributed by atoms with Crippen LogP contribution in [0.5, 0.6) is 0 Å². The Morgan fingerprint density at radius 2 is 1.80 bits per heavy atom. The van der Waals surface area contributed by atoms with Gasteiger partial charge in [0.05, 0.1) is 0 Å². The molecule has 1 fully saturated rings. The van der Waals surface area contributed by atoms with Crippen LogP contribution in [0, 0.1) is 0 Å². The van der Waals surface area contributed by atoms with Gasteiger partial charge in [0.1, 0.15) is 6.04 Å². The summed E-state index contributed by atoms with van der Waals surface area (Å²) < 4.78 is 0. The van der Waals surface area contributed by atoms with Crippen LogP contribution in [0.15, 0.2) is 24.3 Å². The summed E-state index contributed by atoms with van der Waals surface area (Å²) in [6.45, 7) is 7.22. The summed E-state index contributed by atoms with van der Waals surface area (Å²) in [6.07, 6.45) is 0. The van der Waals surface area contributed by atoms with Gasteiger partial charge in [-0.05, 0) is 30.5 Å². The zero-order valence-corrected chi connectivity index (χ0v) is 12.6. The average molecular weight is 274 g/mol. The van der Waals surface area contributed by atoms with E-state index in [1.54, 1.807) is 23.8 Å². The highest BCUT2D eigenvalue weighted by molar-refractivity contribution is 5.98. The molecule has 0 bridgehead atoms. The van der Waals surface area contributed by atoms with Gasteiger partial charge < -0.3 is 9.80 Å². The van der Waals surface area contributed by atoms with E-state index in [9.17, 15) is 9.59 Å². The minimum absolute atomic E-state index is 0.00315. The molecule has 4 heteroatoms. The molecule has 1 aromatic carbocycles. The standard InChI is InChI=1S/C16H22N2O2/c1-11(2)13-5-7-14(8-6-13)16(20)18-10-9-17(4)15(19)12(18)3/h5-8,11-12H,9-10H2,1-4H3. The van der Waals surface area contributed by atoms with Crippen molar-refractivity contribution < 1.29 is 9.59 Å². The Hall–Kier alpha value is -1.84. The van der Waals surface area contributed by atoms with E-state index in [1.807, 2.05) is 24.3 Å². The molecule has 1 saturated heterocycles. The van der Waals surface area contributed by atoms with Crippen LogP contribution < -0.4 is 0 Å². The summed E-state index contributed by atoms with van der Waals surface area (Å²) in [5.41, 5.74) is 1.86. The lowest BCUT2D eigenvalue weighted by Gasteiger charge is -2.37. The molecule has 1 heterocycles. The van der Waals surface area contributed by atoms with Gasteiger partial charge in [0.25, 0.3) is 5.91 Å². The molecule has 20 heavy (non-hydrogen) atoms. The van der Waals surface area contributed by atoms with E-state index in [-0.39, 0.29) is 17.9 Å². The number of carbonyl (C=O) groups excluding carboxylic acids is 2. The molecule has 108 valence electrons. The van der Waals surface area contributed by atoms with Crippen molar-refractivity contribution in [1.29, 1.82) is 0 Å². The molecule has 1 aliphatic rings. The van der Waals surface area contributed by atoms with Crippen LogP contribution in [0.3, 0.4) is 0 Å². The van der Waals surface area contributed by atoms with E-state index in [0.717, 1.165) is 0 Å². The average Bonchev–Trinajstić information content (AvgIpc) is 2.44. The van der Waals surface area contributed by atoms with Gasteiger partial charge in [0.15, 0.2) is 0 Å². The highest BCUT2D eigenvalue weighted by Crippen LogP contribution is 2.18. The first kappa shape index (κ1) is 14.6. The predicted octanol–water partition coefficient (Wildman–Crippen LogP) is 2.11. The Morgan fingerprint density at radius 3 is 2.35 bits per heavy atom. The fraction of sp³-hybridized carbons (Fsp3) is 0.500. The lowest BCUT2D eigenvalue weighted by Crippen LogP contribution is -2.56. The predicted molar refractivity (Wildman–Crippen MR) is 78.7 cm³/mol. The number of hydrogen-bond acceptors (Lipinski definition) is 2. The fourth-order valence-corrected chi connectivity index (χ4v) is 2.47. The van der Waals surface area contributed by atoms with E-state index < -0.39 is 0 Å². The Labute approximate surface area is 120 Å². The van der Waals surface area contributed by atoms with Gasteiger partial charge in [-0.15, -0.1) is 0 Å². The zero-order chi connectivity index (χ0) is 14.9. The quantitative estimate of drug-likeness (QED) is 0.828. The molecule has 0 radical (unpaired) electrons. The van der Waals surface area contributed by atoms with Crippen LogP contribution in [-0.2, 0) is 4.79 Å². The number of benzene rings is 1.